The van der Waals surface area contributed by atoms with E-state index in [1.807, 2.05) is 42.5 Å². The summed E-state index contributed by atoms with van der Waals surface area (Å²) in [6.45, 7) is 5.71. The van der Waals surface area contributed by atoms with Crippen LogP contribution in [-0.2, 0) is 6.42 Å². The molecule has 0 bridgehead atoms. The van der Waals surface area contributed by atoms with Crippen LogP contribution in [0.5, 0.6) is 0 Å². The molecule has 88 valence electrons. The Labute approximate surface area is 104 Å². The van der Waals surface area contributed by atoms with E-state index in [4.69, 9.17) is 5.73 Å². The number of nitrogen functional groups attached to an aromatic ring is 1. The van der Waals surface area contributed by atoms with Crippen molar-refractivity contribution in [2.45, 2.75) is 13.3 Å². The molecule has 1 nitrogen and oxygen atoms in total. The fourth-order valence-electron chi connectivity index (χ4n) is 1.48. The van der Waals surface area contributed by atoms with Gasteiger partial charge in [0.25, 0.3) is 0 Å². The van der Waals surface area contributed by atoms with Gasteiger partial charge in [-0.1, -0.05) is 66.8 Å². The van der Waals surface area contributed by atoms with Crippen LogP contribution in [0.2, 0.25) is 0 Å². The van der Waals surface area contributed by atoms with Gasteiger partial charge in [-0.2, -0.15) is 0 Å². The standard InChI is InChI=1S/C16H19N/c1-3-4-5-6-7-10-14(2)13-15-11-8-9-12-16(15)17/h3-12H,1,13,17H2,2H3/b5-4+,7-6+,14-10+. The first kappa shape index (κ1) is 13.0. The van der Waals surface area contributed by atoms with E-state index in [0.29, 0.717) is 0 Å². The van der Waals surface area contributed by atoms with Crippen molar-refractivity contribution in [3.63, 3.8) is 0 Å². The van der Waals surface area contributed by atoms with Gasteiger partial charge in [0.05, 0.1) is 0 Å². The molecular weight excluding hydrogens is 206 g/mol. The molecule has 0 aliphatic heterocycles. The van der Waals surface area contributed by atoms with E-state index in [0.717, 1.165) is 12.1 Å². The highest BCUT2D eigenvalue weighted by Crippen LogP contribution is 2.14. The fourth-order valence-corrected chi connectivity index (χ4v) is 1.48. The summed E-state index contributed by atoms with van der Waals surface area (Å²) in [4.78, 5) is 0. The van der Waals surface area contributed by atoms with Gasteiger partial charge in [0.1, 0.15) is 0 Å². The molecule has 0 unspecified atom stereocenters. The van der Waals surface area contributed by atoms with E-state index in [-0.39, 0.29) is 0 Å². The third-order valence-electron chi connectivity index (χ3n) is 2.37. The highest BCUT2D eigenvalue weighted by molar-refractivity contribution is 5.48. The summed E-state index contributed by atoms with van der Waals surface area (Å²) in [5.41, 5.74) is 9.21. The van der Waals surface area contributed by atoms with Crippen LogP contribution in [0.4, 0.5) is 5.69 Å². The van der Waals surface area contributed by atoms with Gasteiger partial charge < -0.3 is 5.73 Å². The minimum Gasteiger partial charge on any atom is -0.398 e. The van der Waals surface area contributed by atoms with Crippen molar-refractivity contribution >= 4 is 5.69 Å². The number of nitrogens with two attached hydrogens (primary N) is 1. The van der Waals surface area contributed by atoms with Crippen LogP contribution in [0.15, 0.2) is 72.9 Å². The third-order valence-corrected chi connectivity index (χ3v) is 2.37. The first-order valence-corrected chi connectivity index (χ1v) is 5.69. The molecule has 0 aromatic heterocycles. The topological polar surface area (TPSA) is 26.0 Å². The molecule has 0 spiro atoms. The number of anilines is 1. The molecule has 0 saturated heterocycles. The van der Waals surface area contributed by atoms with Gasteiger partial charge in [-0.05, 0) is 25.0 Å². The van der Waals surface area contributed by atoms with Crippen molar-refractivity contribution in [1.29, 1.82) is 0 Å². The van der Waals surface area contributed by atoms with E-state index in [1.165, 1.54) is 11.1 Å². The summed E-state index contributed by atoms with van der Waals surface area (Å²) in [6, 6.07) is 7.97. The lowest BCUT2D eigenvalue weighted by Crippen LogP contribution is -1.94. The van der Waals surface area contributed by atoms with Crippen LogP contribution >= 0.6 is 0 Å². The van der Waals surface area contributed by atoms with Gasteiger partial charge in [-0.25, -0.2) is 0 Å². The van der Waals surface area contributed by atoms with Gasteiger partial charge >= 0.3 is 0 Å². The van der Waals surface area contributed by atoms with E-state index in [1.54, 1.807) is 6.08 Å². The zero-order valence-corrected chi connectivity index (χ0v) is 10.3. The largest absolute Gasteiger partial charge is 0.398 e. The lowest BCUT2D eigenvalue weighted by Gasteiger charge is -2.04. The highest BCUT2D eigenvalue weighted by atomic mass is 14.6. The van der Waals surface area contributed by atoms with E-state index in [9.17, 15) is 0 Å². The van der Waals surface area contributed by atoms with Crippen LogP contribution < -0.4 is 5.73 Å². The molecule has 2 N–H and O–H groups in total. The Hall–Kier alpha value is -2.02. The van der Waals surface area contributed by atoms with Crippen molar-refractivity contribution in [2.24, 2.45) is 0 Å². The summed E-state index contributed by atoms with van der Waals surface area (Å²) in [7, 11) is 0. The molecule has 1 aromatic rings. The second-order valence-electron chi connectivity index (χ2n) is 3.89. The van der Waals surface area contributed by atoms with Crippen LogP contribution in [0.25, 0.3) is 0 Å². The minimum absolute atomic E-state index is 0.857. The number of hydrogen-bond acceptors (Lipinski definition) is 1. The average Bonchev–Trinajstić information content (AvgIpc) is 2.32. The average molecular weight is 225 g/mol. The predicted octanol–water partition coefficient (Wildman–Crippen LogP) is 4.06. The number of rotatable bonds is 5. The zero-order chi connectivity index (χ0) is 12.5. The van der Waals surface area contributed by atoms with Crippen LogP contribution in [-0.4, -0.2) is 0 Å². The number of allylic oxidation sites excluding steroid dienone is 7. The molecule has 0 fully saturated rings. The summed E-state index contributed by atoms with van der Waals surface area (Å²) >= 11 is 0. The number of para-hydroxylation sites is 1. The SMILES string of the molecule is C=C/C=C/C=C/C=C(\C)Cc1ccccc1N. The lowest BCUT2D eigenvalue weighted by atomic mass is 10.0. The van der Waals surface area contributed by atoms with Crippen LogP contribution in [0.1, 0.15) is 12.5 Å². The number of benzene rings is 1. The second kappa shape index (κ2) is 7.29. The van der Waals surface area contributed by atoms with Gasteiger partial charge in [-0.15, -0.1) is 0 Å². The molecule has 1 heteroatoms. The summed E-state index contributed by atoms with van der Waals surface area (Å²) in [5.74, 6) is 0. The molecule has 17 heavy (non-hydrogen) atoms. The minimum atomic E-state index is 0.857. The van der Waals surface area contributed by atoms with Crippen molar-refractivity contribution in [3.8, 4) is 0 Å². The van der Waals surface area contributed by atoms with Crippen LogP contribution in [0, 0.1) is 0 Å². The van der Waals surface area contributed by atoms with Gasteiger partial charge in [-0.3, -0.25) is 0 Å². The summed E-state index contributed by atoms with van der Waals surface area (Å²) in [6.07, 6.45) is 12.6. The Morgan fingerprint density at radius 1 is 1.18 bits per heavy atom. The van der Waals surface area contributed by atoms with E-state index < -0.39 is 0 Å². The third kappa shape index (κ3) is 5.03. The predicted molar refractivity (Wildman–Crippen MR) is 76.8 cm³/mol. The summed E-state index contributed by atoms with van der Waals surface area (Å²) in [5, 5.41) is 0. The first-order valence-electron chi connectivity index (χ1n) is 5.69. The van der Waals surface area contributed by atoms with Gasteiger partial charge in [0.15, 0.2) is 0 Å². The Kier molecular flexibility index (Phi) is 5.59. The maximum Gasteiger partial charge on any atom is 0.0349 e. The first-order chi connectivity index (χ1) is 8.24. The number of hydrogen-bond donors (Lipinski definition) is 1. The van der Waals surface area contributed by atoms with Crippen molar-refractivity contribution in [1.82, 2.24) is 0 Å². The second-order valence-corrected chi connectivity index (χ2v) is 3.89. The van der Waals surface area contributed by atoms with E-state index >= 15 is 0 Å². The molecule has 1 rings (SSSR count). The van der Waals surface area contributed by atoms with Crippen molar-refractivity contribution in [2.75, 3.05) is 5.73 Å². The fraction of sp³-hybridized carbons (Fsp3) is 0.125. The van der Waals surface area contributed by atoms with Crippen molar-refractivity contribution < 1.29 is 0 Å². The highest BCUT2D eigenvalue weighted by Gasteiger charge is 1.97. The smallest absolute Gasteiger partial charge is 0.0349 e. The monoisotopic (exact) mass is 225 g/mol. The van der Waals surface area contributed by atoms with E-state index in [2.05, 4.69) is 25.6 Å². The van der Waals surface area contributed by atoms with Gasteiger partial charge in [0, 0.05) is 5.69 Å². The molecule has 0 heterocycles. The van der Waals surface area contributed by atoms with Crippen LogP contribution in [0.3, 0.4) is 0 Å². The Morgan fingerprint density at radius 3 is 2.59 bits per heavy atom. The Bertz CT molecular complexity index is 450. The molecule has 0 radical (unpaired) electrons. The molecular formula is C16H19N. The van der Waals surface area contributed by atoms with Crippen molar-refractivity contribution in [3.05, 3.63) is 78.4 Å². The zero-order valence-electron chi connectivity index (χ0n) is 10.3. The summed E-state index contributed by atoms with van der Waals surface area (Å²) < 4.78 is 0. The Morgan fingerprint density at radius 2 is 1.88 bits per heavy atom. The normalized spacial score (nSPS) is 12.4. The maximum absolute atomic E-state index is 5.90. The molecule has 1 aromatic carbocycles. The molecule has 0 atom stereocenters. The van der Waals surface area contributed by atoms with Gasteiger partial charge in [0.2, 0.25) is 0 Å². The quantitative estimate of drug-likeness (QED) is 0.593. The lowest BCUT2D eigenvalue weighted by molar-refractivity contribution is 1.15. The Balaban J connectivity index is 2.60. The maximum atomic E-state index is 5.90. The molecule has 0 amide bonds. The molecule has 0 aliphatic carbocycles. The molecule has 0 saturated carbocycles. The molecule has 0 aliphatic rings.